The first-order chi connectivity index (χ1) is 8.97. The molecule has 0 bridgehead atoms. The Labute approximate surface area is 108 Å². The lowest BCUT2D eigenvalue weighted by atomic mass is 10.1. The number of aromatic hydroxyl groups is 1. The molecule has 0 aliphatic carbocycles. The van der Waals surface area contributed by atoms with Gasteiger partial charge in [-0.25, -0.2) is 0 Å². The summed E-state index contributed by atoms with van der Waals surface area (Å²) in [6.45, 7) is 2.29. The predicted molar refractivity (Wildman–Crippen MR) is 66.0 cm³/mol. The molecule has 1 rings (SSSR count). The van der Waals surface area contributed by atoms with Crippen molar-refractivity contribution in [3.63, 3.8) is 0 Å². The van der Waals surface area contributed by atoms with Crippen molar-refractivity contribution in [3.8, 4) is 5.75 Å². The van der Waals surface area contributed by atoms with Gasteiger partial charge in [0.2, 0.25) is 0 Å². The zero-order valence-corrected chi connectivity index (χ0v) is 10.4. The Morgan fingerprint density at radius 3 is 2.47 bits per heavy atom. The van der Waals surface area contributed by atoms with Crippen LogP contribution in [0.3, 0.4) is 0 Å². The van der Waals surface area contributed by atoms with Gasteiger partial charge < -0.3 is 9.84 Å². The van der Waals surface area contributed by atoms with Crippen molar-refractivity contribution in [2.75, 3.05) is 6.61 Å². The molecule has 1 aromatic carbocycles. The van der Waals surface area contributed by atoms with E-state index in [-0.39, 0.29) is 12.2 Å². The maximum absolute atomic E-state index is 10.7. The number of unbranched alkanes of at least 4 members (excludes halogenated alkanes) is 1. The van der Waals surface area contributed by atoms with Crippen molar-refractivity contribution in [2.45, 2.75) is 26.4 Å². The topological polar surface area (TPSA) is 116 Å². The first-order valence-electron chi connectivity index (χ1n) is 5.69. The third-order valence-corrected chi connectivity index (χ3v) is 2.46. The van der Waals surface area contributed by atoms with Crippen LogP contribution in [-0.2, 0) is 11.3 Å². The van der Waals surface area contributed by atoms with E-state index in [0.717, 1.165) is 25.0 Å². The number of hydrogen-bond donors (Lipinski definition) is 1. The maximum Gasteiger partial charge on any atom is 0.317 e. The van der Waals surface area contributed by atoms with Crippen LogP contribution < -0.4 is 0 Å². The van der Waals surface area contributed by atoms with E-state index in [1.165, 1.54) is 0 Å². The lowest BCUT2D eigenvalue weighted by Gasteiger charge is -2.06. The highest BCUT2D eigenvalue weighted by molar-refractivity contribution is 5.57. The van der Waals surface area contributed by atoms with Gasteiger partial charge >= 0.3 is 5.69 Å². The number of hydrogen-bond acceptors (Lipinski definition) is 6. The summed E-state index contributed by atoms with van der Waals surface area (Å²) in [6, 6.07) is 1.80. The number of nitro benzene ring substituents is 2. The zero-order chi connectivity index (χ0) is 14.4. The number of nitrogens with zero attached hydrogens (tertiary/aromatic N) is 2. The molecule has 0 aliphatic rings. The largest absolute Gasteiger partial charge is 0.502 e. The van der Waals surface area contributed by atoms with Crippen LogP contribution >= 0.6 is 0 Å². The van der Waals surface area contributed by atoms with Crippen LogP contribution in [0.25, 0.3) is 0 Å². The van der Waals surface area contributed by atoms with Gasteiger partial charge in [0.15, 0.2) is 5.75 Å². The molecule has 8 heteroatoms. The summed E-state index contributed by atoms with van der Waals surface area (Å²) in [5.41, 5.74) is -1.10. The molecule has 1 aromatic rings. The SMILES string of the molecule is CCCCOCc1cc([N+](=O)[O-])cc([N+](=O)[O-])c1O. The summed E-state index contributed by atoms with van der Waals surface area (Å²) < 4.78 is 5.21. The Kier molecular flexibility index (Phi) is 5.19. The molecule has 19 heavy (non-hydrogen) atoms. The number of benzene rings is 1. The minimum atomic E-state index is -0.863. The molecule has 0 aromatic heterocycles. The number of phenolic OH excluding ortho intramolecular Hbond substituents is 1. The van der Waals surface area contributed by atoms with Gasteiger partial charge in [0, 0.05) is 18.2 Å². The molecule has 0 spiro atoms. The fraction of sp³-hybridized carbons (Fsp3) is 0.455. The van der Waals surface area contributed by atoms with E-state index in [1.807, 2.05) is 6.92 Å². The lowest BCUT2D eigenvalue weighted by Crippen LogP contribution is -2.00. The fourth-order valence-electron chi connectivity index (χ4n) is 1.44. The summed E-state index contributed by atoms with van der Waals surface area (Å²) in [6.07, 6.45) is 1.72. The summed E-state index contributed by atoms with van der Waals surface area (Å²) >= 11 is 0. The summed E-state index contributed by atoms with van der Waals surface area (Å²) in [5, 5.41) is 31.1. The van der Waals surface area contributed by atoms with Crippen LogP contribution in [0.4, 0.5) is 11.4 Å². The monoisotopic (exact) mass is 270 g/mol. The Balaban J connectivity index is 3.01. The van der Waals surface area contributed by atoms with Crippen LogP contribution in [0.1, 0.15) is 25.3 Å². The second-order valence-corrected chi connectivity index (χ2v) is 3.89. The second-order valence-electron chi connectivity index (χ2n) is 3.89. The Morgan fingerprint density at radius 1 is 1.26 bits per heavy atom. The first kappa shape index (κ1) is 14.8. The van der Waals surface area contributed by atoms with Crippen LogP contribution in [-0.4, -0.2) is 21.6 Å². The lowest BCUT2D eigenvalue weighted by molar-refractivity contribution is -0.394. The first-order valence-corrected chi connectivity index (χ1v) is 5.69. The van der Waals surface area contributed by atoms with Gasteiger partial charge in [0.25, 0.3) is 5.69 Å². The molecule has 0 aliphatic heterocycles. The molecule has 0 fully saturated rings. The van der Waals surface area contributed by atoms with E-state index in [4.69, 9.17) is 4.74 Å². The Bertz CT molecular complexity index is 488. The fourth-order valence-corrected chi connectivity index (χ4v) is 1.44. The zero-order valence-electron chi connectivity index (χ0n) is 10.4. The highest BCUT2D eigenvalue weighted by atomic mass is 16.6. The molecule has 104 valence electrons. The molecule has 0 heterocycles. The number of rotatable bonds is 7. The number of non-ortho nitro benzene ring substituents is 1. The van der Waals surface area contributed by atoms with E-state index in [9.17, 15) is 25.3 Å². The van der Waals surface area contributed by atoms with Crippen LogP contribution in [0.5, 0.6) is 5.75 Å². The van der Waals surface area contributed by atoms with Crippen molar-refractivity contribution >= 4 is 11.4 Å². The van der Waals surface area contributed by atoms with E-state index >= 15 is 0 Å². The van der Waals surface area contributed by atoms with Gasteiger partial charge in [0.05, 0.1) is 22.5 Å². The van der Waals surface area contributed by atoms with Gasteiger partial charge in [-0.1, -0.05) is 13.3 Å². The standard InChI is InChI=1S/C11H14N2O6/c1-2-3-4-19-7-8-5-9(12(15)16)6-10(11(8)14)13(17)18/h5-6,14H,2-4,7H2,1H3. The van der Waals surface area contributed by atoms with Crippen molar-refractivity contribution < 1.29 is 19.7 Å². The average molecular weight is 270 g/mol. The normalized spacial score (nSPS) is 10.4. The Morgan fingerprint density at radius 2 is 1.95 bits per heavy atom. The van der Waals surface area contributed by atoms with Crippen LogP contribution in [0.15, 0.2) is 12.1 Å². The molecular formula is C11H14N2O6. The number of ether oxygens (including phenoxy) is 1. The molecule has 0 unspecified atom stereocenters. The molecule has 0 saturated carbocycles. The highest BCUT2D eigenvalue weighted by Gasteiger charge is 2.23. The number of phenols is 1. The third kappa shape index (κ3) is 3.88. The van der Waals surface area contributed by atoms with Crippen LogP contribution in [0.2, 0.25) is 0 Å². The summed E-state index contributed by atoms with van der Waals surface area (Å²) in [4.78, 5) is 19.8. The summed E-state index contributed by atoms with van der Waals surface area (Å²) in [7, 11) is 0. The van der Waals surface area contributed by atoms with Crippen LogP contribution in [0, 0.1) is 20.2 Å². The van der Waals surface area contributed by atoms with Crippen molar-refractivity contribution in [2.24, 2.45) is 0 Å². The second kappa shape index (κ2) is 6.64. The van der Waals surface area contributed by atoms with E-state index < -0.39 is 27.0 Å². The molecule has 0 atom stereocenters. The minimum absolute atomic E-state index is 0.0389. The molecule has 8 nitrogen and oxygen atoms in total. The quantitative estimate of drug-likeness (QED) is 0.462. The Hall–Kier alpha value is -2.22. The minimum Gasteiger partial charge on any atom is -0.502 e. The van der Waals surface area contributed by atoms with Gasteiger partial charge in [-0.3, -0.25) is 20.2 Å². The van der Waals surface area contributed by atoms with Crippen molar-refractivity contribution in [1.82, 2.24) is 0 Å². The molecular weight excluding hydrogens is 256 g/mol. The average Bonchev–Trinajstić information content (AvgIpc) is 2.35. The molecule has 0 saturated heterocycles. The molecule has 1 N–H and O–H groups in total. The van der Waals surface area contributed by atoms with Crippen molar-refractivity contribution in [3.05, 3.63) is 37.9 Å². The number of nitro groups is 2. The smallest absolute Gasteiger partial charge is 0.317 e. The molecule has 0 radical (unpaired) electrons. The highest BCUT2D eigenvalue weighted by Crippen LogP contribution is 2.34. The van der Waals surface area contributed by atoms with E-state index in [2.05, 4.69) is 0 Å². The summed E-state index contributed by atoms with van der Waals surface area (Å²) in [5.74, 6) is -0.591. The van der Waals surface area contributed by atoms with Gasteiger partial charge in [-0.05, 0) is 6.42 Å². The van der Waals surface area contributed by atoms with E-state index in [1.54, 1.807) is 0 Å². The third-order valence-electron chi connectivity index (χ3n) is 2.46. The van der Waals surface area contributed by atoms with E-state index in [0.29, 0.717) is 6.61 Å². The van der Waals surface area contributed by atoms with Gasteiger partial charge in [-0.15, -0.1) is 0 Å². The molecule has 0 amide bonds. The van der Waals surface area contributed by atoms with Crippen molar-refractivity contribution in [1.29, 1.82) is 0 Å². The maximum atomic E-state index is 10.7. The predicted octanol–water partition coefficient (Wildman–Crippen LogP) is 2.53. The van der Waals surface area contributed by atoms with Gasteiger partial charge in [0.1, 0.15) is 0 Å². The van der Waals surface area contributed by atoms with Gasteiger partial charge in [-0.2, -0.15) is 0 Å².